The lowest BCUT2D eigenvalue weighted by Gasteiger charge is -2.09. The maximum Gasteiger partial charge on any atom is 0.0938 e. The minimum absolute atomic E-state index is 0.563. The van der Waals surface area contributed by atoms with Gasteiger partial charge in [-0.05, 0) is 0 Å². The topological polar surface area (TPSA) is 43.7 Å². The van der Waals surface area contributed by atoms with Gasteiger partial charge in [-0.2, -0.15) is 0 Å². The van der Waals surface area contributed by atoms with Gasteiger partial charge < -0.3 is 10.2 Å². The summed E-state index contributed by atoms with van der Waals surface area (Å²) in [5.74, 6) is 0. The van der Waals surface area contributed by atoms with Crippen LogP contribution in [-0.4, -0.2) is 47.0 Å². The van der Waals surface area contributed by atoms with Gasteiger partial charge in [-0.1, -0.05) is 6.08 Å². The van der Waals surface area contributed by atoms with Crippen LogP contribution in [0.5, 0.6) is 0 Å². The summed E-state index contributed by atoms with van der Waals surface area (Å²) in [6.07, 6.45) is 0.630. The summed E-state index contributed by atoms with van der Waals surface area (Å²) in [6, 6.07) is 0. The third kappa shape index (κ3) is 1.56. The molecule has 0 aliphatic carbocycles. The van der Waals surface area contributed by atoms with Crippen LogP contribution in [0, 0.1) is 0 Å². The van der Waals surface area contributed by atoms with Crippen LogP contribution in [0.25, 0.3) is 0 Å². The molecule has 0 amide bonds. The van der Waals surface area contributed by atoms with Gasteiger partial charge in [0.05, 0.1) is 12.2 Å². The summed E-state index contributed by atoms with van der Waals surface area (Å²) in [5.41, 5.74) is 0. The molecular weight excluding hydrogens is 130 g/mol. The molecule has 0 aromatic rings. The molecule has 0 bridgehead atoms. The first-order valence-corrected chi connectivity index (χ1v) is 3.43. The fourth-order valence-electron chi connectivity index (χ4n) is 1.18. The second kappa shape index (κ2) is 3.14. The molecule has 3 nitrogen and oxygen atoms in total. The van der Waals surface area contributed by atoms with E-state index in [1.807, 2.05) is 4.90 Å². The highest BCUT2D eigenvalue weighted by molar-refractivity contribution is 4.86. The molecule has 3 heteroatoms. The molecule has 1 aliphatic rings. The molecule has 0 saturated carbocycles. The lowest BCUT2D eigenvalue weighted by Crippen LogP contribution is -2.22. The molecular formula is C7H13NO2. The van der Waals surface area contributed by atoms with E-state index in [9.17, 15) is 0 Å². The van der Waals surface area contributed by atoms with Gasteiger partial charge in [0, 0.05) is 19.6 Å². The number of hydrogen-bond donors (Lipinski definition) is 2. The summed E-state index contributed by atoms with van der Waals surface area (Å²) in [4.78, 5) is 1.96. The van der Waals surface area contributed by atoms with E-state index in [1.54, 1.807) is 6.08 Å². The first-order chi connectivity index (χ1) is 4.74. The normalized spacial score (nSPS) is 34.6. The predicted octanol–water partition coefficient (Wildman–Crippen LogP) is -0.790. The molecule has 10 heavy (non-hydrogen) atoms. The Labute approximate surface area is 60.6 Å². The maximum absolute atomic E-state index is 9.07. The third-order valence-electron chi connectivity index (χ3n) is 1.72. The van der Waals surface area contributed by atoms with Gasteiger partial charge in [-0.3, -0.25) is 4.90 Å². The van der Waals surface area contributed by atoms with E-state index in [0.29, 0.717) is 13.1 Å². The molecule has 1 saturated heterocycles. The minimum Gasteiger partial charge on any atom is -0.389 e. The highest BCUT2D eigenvalue weighted by Gasteiger charge is 2.28. The Balaban J connectivity index is 2.33. The number of rotatable bonds is 2. The monoisotopic (exact) mass is 143 g/mol. The van der Waals surface area contributed by atoms with Crippen molar-refractivity contribution >= 4 is 0 Å². The van der Waals surface area contributed by atoms with Crippen molar-refractivity contribution in [2.45, 2.75) is 12.2 Å². The Bertz CT molecular complexity index is 117. The van der Waals surface area contributed by atoms with Crippen LogP contribution in [0.15, 0.2) is 12.7 Å². The van der Waals surface area contributed by atoms with Crippen molar-refractivity contribution in [2.75, 3.05) is 19.6 Å². The van der Waals surface area contributed by atoms with Crippen LogP contribution in [0.3, 0.4) is 0 Å². The molecule has 0 radical (unpaired) electrons. The number of β-amino-alcohol motifs (C(OH)–C–C–N with tert-alkyl or cyclic N) is 2. The van der Waals surface area contributed by atoms with Crippen molar-refractivity contribution in [2.24, 2.45) is 0 Å². The molecule has 58 valence electrons. The van der Waals surface area contributed by atoms with E-state index in [1.165, 1.54) is 0 Å². The summed E-state index contributed by atoms with van der Waals surface area (Å²) in [6.45, 7) is 5.44. The van der Waals surface area contributed by atoms with Crippen LogP contribution in [0.2, 0.25) is 0 Å². The number of nitrogens with zero attached hydrogens (tertiary/aromatic N) is 1. The molecule has 0 aromatic heterocycles. The molecule has 2 atom stereocenters. The fourth-order valence-corrected chi connectivity index (χ4v) is 1.18. The van der Waals surface area contributed by atoms with Crippen molar-refractivity contribution in [1.82, 2.24) is 4.90 Å². The molecule has 0 spiro atoms. The smallest absolute Gasteiger partial charge is 0.0938 e. The quantitative estimate of drug-likeness (QED) is 0.498. The summed E-state index contributed by atoms with van der Waals surface area (Å²) < 4.78 is 0. The molecule has 0 aromatic carbocycles. The number of aliphatic hydroxyl groups excluding tert-OH is 2. The molecule has 1 fully saturated rings. The molecule has 1 heterocycles. The number of likely N-dealkylation sites (tertiary alicyclic amines) is 1. The first kappa shape index (κ1) is 7.72. The van der Waals surface area contributed by atoms with Crippen molar-refractivity contribution in [3.63, 3.8) is 0 Å². The van der Waals surface area contributed by atoms with Crippen molar-refractivity contribution in [3.05, 3.63) is 12.7 Å². The number of hydrogen-bond acceptors (Lipinski definition) is 3. The highest BCUT2D eigenvalue weighted by atomic mass is 16.3. The summed E-state index contributed by atoms with van der Waals surface area (Å²) in [5, 5.41) is 18.1. The Kier molecular flexibility index (Phi) is 2.43. The van der Waals surface area contributed by atoms with Gasteiger partial charge in [-0.15, -0.1) is 6.58 Å². The largest absolute Gasteiger partial charge is 0.389 e. The van der Waals surface area contributed by atoms with Crippen LogP contribution in [0.4, 0.5) is 0 Å². The molecule has 2 N–H and O–H groups in total. The second-order valence-corrected chi connectivity index (χ2v) is 2.64. The SMILES string of the molecule is C=CCN1CC(O)C(O)C1. The van der Waals surface area contributed by atoms with E-state index in [4.69, 9.17) is 10.2 Å². The van der Waals surface area contributed by atoms with Gasteiger partial charge in [-0.25, -0.2) is 0 Å². The molecule has 1 rings (SSSR count). The summed E-state index contributed by atoms with van der Waals surface area (Å²) >= 11 is 0. The number of aliphatic hydroxyl groups is 2. The van der Waals surface area contributed by atoms with E-state index >= 15 is 0 Å². The highest BCUT2D eigenvalue weighted by Crippen LogP contribution is 2.08. The van der Waals surface area contributed by atoms with Gasteiger partial charge >= 0.3 is 0 Å². The zero-order chi connectivity index (χ0) is 7.56. The van der Waals surface area contributed by atoms with Crippen LogP contribution in [0.1, 0.15) is 0 Å². The Morgan fingerprint density at radius 1 is 1.40 bits per heavy atom. The van der Waals surface area contributed by atoms with Gasteiger partial charge in [0.25, 0.3) is 0 Å². The van der Waals surface area contributed by atoms with Crippen LogP contribution >= 0.6 is 0 Å². The van der Waals surface area contributed by atoms with Crippen molar-refractivity contribution in [1.29, 1.82) is 0 Å². The molecule has 2 unspecified atom stereocenters. The van der Waals surface area contributed by atoms with E-state index in [0.717, 1.165) is 6.54 Å². The standard InChI is InChI=1S/C7H13NO2/c1-2-3-8-4-6(9)7(10)5-8/h2,6-7,9-10H,1,3-5H2. The van der Waals surface area contributed by atoms with E-state index in [2.05, 4.69) is 6.58 Å². The van der Waals surface area contributed by atoms with Gasteiger partial charge in [0.1, 0.15) is 0 Å². The van der Waals surface area contributed by atoms with E-state index in [-0.39, 0.29) is 0 Å². The van der Waals surface area contributed by atoms with Crippen molar-refractivity contribution in [3.8, 4) is 0 Å². The minimum atomic E-state index is -0.569. The predicted molar refractivity (Wildman–Crippen MR) is 38.7 cm³/mol. The van der Waals surface area contributed by atoms with Crippen LogP contribution < -0.4 is 0 Å². The zero-order valence-corrected chi connectivity index (χ0v) is 5.90. The Morgan fingerprint density at radius 2 is 1.90 bits per heavy atom. The molecule has 1 aliphatic heterocycles. The summed E-state index contributed by atoms with van der Waals surface area (Å²) in [7, 11) is 0. The third-order valence-corrected chi connectivity index (χ3v) is 1.72. The lowest BCUT2D eigenvalue weighted by molar-refractivity contribution is 0.0572. The Morgan fingerprint density at radius 3 is 2.30 bits per heavy atom. The van der Waals surface area contributed by atoms with Crippen LogP contribution in [-0.2, 0) is 0 Å². The van der Waals surface area contributed by atoms with Gasteiger partial charge in [0.2, 0.25) is 0 Å². The lowest BCUT2D eigenvalue weighted by atomic mass is 10.3. The fraction of sp³-hybridized carbons (Fsp3) is 0.714. The zero-order valence-electron chi connectivity index (χ0n) is 5.90. The Hall–Kier alpha value is -0.380. The average molecular weight is 143 g/mol. The van der Waals surface area contributed by atoms with Gasteiger partial charge in [0.15, 0.2) is 0 Å². The second-order valence-electron chi connectivity index (χ2n) is 2.64. The average Bonchev–Trinajstić information content (AvgIpc) is 2.14. The maximum atomic E-state index is 9.07. The van der Waals surface area contributed by atoms with Crippen molar-refractivity contribution < 1.29 is 10.2 Å². The van der Waals surface area contributed by atoms with E-state index < -0.39 is 12.2 Å². The first-order valence-electron chi connectivity index (χ1n) is 3.43.